The molecule has 8 nitrogen and oxygen atoms in total. The van der Waals surface area contributed by atoms with Crippen LogP contribution in [0.15, 0.2) is 89.8 Å². The van der Waals surface area contributed by atoms with E-state index in [1.807, 2.05) is 95.2 Å². The predicted molar refractivity (Wildman–Crippen MR) is 177 cm³/mol. The number of rotatable bonds is 6. The molecule has 0 saturated carbocycles. The highest BCUT2D eigenvalue weighted by atomic mass is 16.2. The highest BCUT2D eigenvalue weighted by Gasteiger charge is 2.33. The van der Waals surface area contributed by atoms with Crippen molar-refractivity contribution < 1.29 is 4.79 Å². The SMILES string of the molecule is CC.CN/C(C)=C\C(N)=N/c1ncc(C)c(-c2c[nH]c3c(N4Cc5c(-c6ccccc6)ccc(C)c5C4=O)cccc23)n1. The molecular weight excluding hydrogens is 534 g/mol. The lowest BCUT2D eigenvalue weighted by Crippen LogP contribution is -2.23. The number of aryl methyl sites for hydroxylation is 2. The number of nitrogens with zero attached hydrogens (tertiary/aromatic N) is 4. The lowest BCUT2D eigenvalue weighted by atomic mass is 9.94. The Morgan fingerprint density at radius 1 is 1.02 bits per heavy atom. The highest BCUT2D eigenvalue weighted by Crippen LogP contribution is 2.40. The van der Waals surface area contributed by atoms with Crippen LogP contribution < -0.4 is 16.0 Å². The molecule has 0 unspecified atom stereocenters. The van der Waals surface area contributed by atoms with Crippen molar-refractivity contribution in [2.45, 2.75) is 41.2 Å². The number of nitrogens with two attached hydrogens (primary N) is 1. The van der Waals surface area contributed by atoms with Crippen molar-refractivity contribution in [3.8, 4) is 22.4 Å². The monoisotopic (exact) mass is 571 g/mol. The van der Waals surface area contributed by atoms with E-state index in [-0.39, 0.29) is 11.9 Å². The van der Waals surface area contributed by atoms with Crippen LogP contribution in [0.3, 0.4) is 0 Å². The summed E-state index contributed by atoms with van der Waals surface area (Å²) in [4.78, 5) is 32.7. The highest BCUT2D eigenvalue weighted by molar-refractivity contribution is 6.16. The molecule has 6 rings (SSSR count). The molecule has 8 heteroatoms. The number of amidine groups is 1. The number of aliphatic imine (C=N–C) groups is 1. The molecule has 3 heterocycles. The Balaban J connectivity index is 0.00000180. The van der Waals surface area contributed by atoms with E-state index in [4.69, 9.17) is 10.7 Å². The molecule has 0 saturated heterocycles. The molecule has 1 aliphatic heterocycles. The number of hydrogen-bond acceptors (Lipinski definition) is 5. The molecule has 0 bridgehead atoms. The molecule has 218 valence electrons. The fourth-order valence-corrected chi connectivity index (χ4v) is 5.43. The number of hydrogen-bond donors (Lipinski definition) is 3. The van der Waals surface area contributed by atoms with Crippen LogP contribution in [-0.2, 0) is 6.54 Å². The van der Waals surface area contributed by atoms with Crippen LogP contribution in [-0.4, -0.2) is 33.7 Å². The van der Waals surface area contributed by atoms with E-state index in [1.165, 1.54) is 0 Å². The molecule has 43 heavy (non-hydrogen) atoms. The van der Waals surface area contributed by atoms with E-state index in [0.717, 1.165) is 66.9 Å². The molecule has 0 atom stereocenters. The summed E-state index contributed by atoms with van der Waals surface area (Å²) < 4.78 is 0. The summed E-state index contributed by atoms with van der Waals surface area (Å²) in [6.45, 7) is 10.4. The first-order chi connectivity index (χ1) is 20.9. The topological polar surface area (TPSA) is 112 Å². The zero-order chi connectivity index (χ0) is 30.7. The number of H-pyrrole nitrogens is 1. The van der Waals surface area contributed by atoms with Crippen LogP contribution in [0.5, 0.6) is 0 Å². The number of anilines is 1. The van der Waals surface area contributed by atoms with E-state index >= 15 is 0 Å². The van der Waals surface area contributed by atoms with Crippen molar-refractivity contribution in [1.29, 1.82) is 0 Å². The Bertz CT molecular complexity index is 1870. The van der Waals surface area contributed by atoms with E-state index < -0.39 is 0 Å². The number of allylic oxidation sites excluding steroid dienone is 1. The molecule has 4 N–H and O–H groups in total. The fourth-order valence-electron chi connectivity index (χ4n) is 5.43. The fraction of sp³-hybridized carbons (Fsp3) is 0.200. The minimum Gasteiger partial charge on any atom is -0.392 e. The second kappa shape index (κ2) is 12.3. The number of carbonyl (C=O) groups is 1. The number of aromatic nitrogens is 3. The number of nitrogens with one attached hydrogen (secondary N) is 2. The minimum absolute atomic E-state index is 0.00848. The van der Waals surface area contributed by atoms with Crippen molar-refractivity contribution in [1.82, 2.24) is 20.3 Å². The molecule has 0 spiro atoms. The molecule has 0 aliphatic carbocycles. The zero-order valence-corrected chi connectivity index (χ0v) is 25.5. The molecule has 1 aliphatic rings. The second-order valence-electron chi connectivity index (χ2n) is 10.3. The van der Waals surface area contributed by atoms with Gasteiger partial charge in [-0.2, -0.15) is 4.99 Å². The van der Waals surface area contributed by atoms with Gasteiger partial charge >= 0.3 is 0 Å². The van der Waals surface area contributed by atoms with Gasteiger partial charge in [0.1, 0.15) is 5.84 Å². The van der Waals surface area contributed by atoms with E-state index in [0.29, 0.717) is 12.4 Å². The lowest BCUT2D eigenvalue weighted by molar-refractivity contribution is 0.0996. The smallest absolute Gasteiger partial charge is 0.259 e. The van der Waals surface area contributed by atoms with Gasteiger partial charge in [0.05, 0.1) is 23.4 Å². The first-order valence-electron chi connectivity index (χ1n) is 14.5. The number of para-hydroxylation sites is 1. The van der Waals surface area contributed by atoms with Gasteiger partial charge in [0.2, 0.25) is 0 Å². The number of fused-ring (bicyclic) bond motifs is 2. The summed E-state index contributed by atoms with van der Waals surface area (Å²) in [5.41, 5.74) is 16.2. The number of carbonyl (C=O) groups excluding carboxylic acids is 1. The summed E-state index contributed by atoms with van der Waals surface area (Å²) in [6.07, 6.45) is 5.41. The third-order valence-electron chi connectivity index (χ3n) is 7.57. The Labute approximate surface area is 252 Å². The van der Waals surface area contributed by atoms with Crippen molar-refractivity contribution in [2.75, 3.05) is 11.9 Å². The maximum atomic E-state index is 13.9. The summed E-state index contributed by atoms with van der Waals surface area (Å²) in [7, 11) is 1.82. The summed E-state index contributed by atoms with van der Waals surface area (Å²) >= 11 is 0. The Kier molecular flexibility index (Phi) is 8.39. The maximum absolute atomic E-state index is 13.9. The Morgan fingerprint density at radius 2 is 1.79 bits per heavy atom. The minimum atomic E-state index is 0.00848. The van der Waals surface area contributed by atoms with Gasteiger partial charge in [-0.15, -0.1) is 0 Å². The number of benzene rings is 3. The van der Waals surface area contributed by atoms with E-state index in [2.05, 4.69) is 38.5 Å². The standard InChI is InChI=1S/C33H31N7O.C2H6/c1-19-13-14-23(22-9-6-5-7-10-22)26-18-40(32(41)29(19)26)27-12-8-11-24-25(17-36-31(24)27)30-20(2)16-37-33(39-30)38-28(34)15-21(3)35-4;1-2/h5-17,35-36H,18H2,1-4H3,(H2,34,37,38,39);1-2H3/b21-15-;. The van der Waals surface area contributed by atoms with Crippen LogP contribution in [0.1, 0.15) is 47.8 Å². The van der Waals surface area contributed by atoms with Crippen LogP contribution in [0.4, 0.5) is 11.6 Å². The molecule has 5 aromatic rings. The molecule has 0 fully saturated rings. The third kappa shape index (κ3) is 5.51. The van der Waals surface area contributed by atoms with Gasteiger partial charge in [-0.25, -0.2) is 9.97 Å². The predicted octanol–water partition coefficient (Wildman–Crippen LogP) is 7.21. The summed E-state index contributed by atoms with van der Waals surface area (Å²) in [6, 6.07) is 20.4. The maximum Gasteiger partial charge on any atom is 0.259 e. The van der Waals surface area contributed by atoms with Gasteiger partial charge in [-0.1, -0.05) is 68.4 Å². The second-order valence-corrected chi connectivity index (χ2v) is 10.3. The molecular formula is C35H37N7O. The van der Waals surface area contributed by atoms with Gasteiger partial charge in [0.25, 0.3) is 11.9 Å². The van der Waals surface area contributed by atoms with Crippen molar-refractivity contribution >= 4 is 34.3 Å². The van der Waals surface area contributed by atoms with Crippen molar-refractivity contribution in [3.05, 3.63) is 107 Å². The first-order valence-corrected chi connectivity index (χ1v) is 14.5. The molecule has 0 radical (unpaired) electrons. The van der Waals surface area contributed by atoms with Gasteiger partial charge < -0.3 is 20.9 Å². The third-order valence-corrected chi connectivity index (χ3v) is 7.57. The molecule has 3 aromatic carbocycles. The quantitative estimate of drug-likeness (QED) is 0.147. The average molecular weight is 572 g/mol. The van der Waals surface area contributed by atoms with Gasteiger partial charge in [0.15, 0.2) is 0 Å². The van der Waals surface area contributed by atoms with Crippen LogP contribution in [0.25, 0.3) is 33.3 Å². The van der Waals surface area contributed by atoms with Crippen LogP contribution >= 0.6 is 0 Å². The Hall–Kier alpha value is -5.24. The van der Waals surface area contributed by atoms with E-state index in [9.17, 15) is 4.79 Å². The normalized spacial score (nSPS) is 13.2. The zero-order valence-electron chi connectivity index (χ0n) is 25.5. The van der Waals surface area contributed by atoms with Crippen molar-refractivity contribution in [3.63, 3.8) is 0 Å². The lowest BCUT2D eigenvalue weighted by Gasteiger charge is -2.17. The van der Waals surface area contributed by atoms with Gasteiger partial charge in [-0.05, 0) is 60.7 Å². The van der Waals surface area contributed by atoms with Crippen LogP contribution in [0, 0.1) is 13.8 Å². The van der Waals surface area contributed by atoms with Gasteiger partial charge in [-0.3, -0.25) is 4.79 Å². The first kappa shape index (κ1) is 29.3. The Morgan fingerprint density at radius 3 is 2.53 bits per heavy atom. The summed E-state index contributed by atoms with van der Waals surface area (Å²) in [5.74, 6) is 0.599. The largest absolute Gasteiger partial charge is 0.392 e. The van der Waals surface area contributed by atoms with Gasteiger partial charge in [0, 0.05) is 41.7 Å². The van der Waals surface area contributed by atoms with E-state index in [1.54, 1.807) is 12.3 Å². The molecule has 2 aromatic heterocycles. The summed E-state index contributed by atoms with van der Waals surface area (Å²) in [5, 5.41) is 3.98. The average Bonchev–Trinajstić information content (AvgIpc) is 3.61. The number of aromatic amines is 1. The molecule has 1 amide bonds. The van der Waals surface area contributed by atoms with Crippen molar-refractivity contribution in [2.24, 2.45) is 10.7 Å². The van der Waals surface area contributed by atoms with Crippen LogP contribution in [0.2, 0.25) is 0 Å². The number of amides is 1.